The zero-order chi connectivity index (χ0) is 13.5. The van der Waals surface area contributed by atoms with E-state index in [4.69, 9.17) is 5.11 Å². The standard InChI is InChI=1S/C13H16N4O2/c18-12(19)11-6-2-1-5-10(11)9-16-17-13-14-7-3-4-8-15-13/h1-2,5-6,9H,3-4,7-8H2,(H,18,19)(H2,14,15,17)/b16-9-. The maximum atomic E-state index is 11.0. The molecule has 0 saturated heterocycles. The highest BCUT2D eigenvalue weighted by molar-refractivity contribution is 5.98. The molecule has 6 nitrogen and oxygen atoms in total. The fourth-order valence-corrected chi connectivity index (χ4v) is 1.73. The van der Waals surface area contributed by atoms with E-state index in [0.29, 0.717) is 11.5 Å². The highest BCUT2D eigenvalue weighted by Gasteiger charge is 2.06. The van der Waals surface area contributed by atoms with E-state index >= 15 is 0 Å². The Morgan fingerprint density at radius 2 is 2.26 bits per heavy atom. The predicted octanol–water partition coefficient (Wildman–Crippen LogP) is 1.05. The molecule has 3 N–H and O–H groups in total. The van der Waals surface area contributed by atoms with Gasteiger partial charge in [-0.05, 0) is 18.9 Å². The molecule has 1 aliphatic heterocycles. The van der Waals surface area contributed by atoms with E-state index in [1.54, 1.807) is 24.3 Å². The summed E-state index contributed by atoms with van der Waals surface area (Å²) in [5.41, 5.74) is 3.57. The second-order valence-electron chi connectivity index (χ2n) is 4.13. The average molecular weight is 260 g/mol. The number of carboxylic acid groups (broad SMARTS) is 1. The van der Waals surface area contributed by atoms with Crippen molar-refractivity contribution in [1.82, 2.24) is 10.7 Å². The molecular weight excluding hydrogens is 244 g/mol. The van der Waals surface area contributed by atoms with Crippen molar-refractivity contribution < 1.29 is 9.90 Å². The first kappa shape index (κ1) is 13.1. The summed E-state index contributed by atoms with van der Waals surface area (Å²) in [6, 6.07) is 6.71. The molecule has 1 heterocycles. The number of carboxylic acids is 1. The van der Waals surface area contributed by atoms with Gasteiger partial charge in [-0.2, -0.15) is 5.10 Å². The second kappa shape index (κ2) is 6.53. The lowest BCUT2D eigenvalue weighted by Crippen LogP contribution is -2.33. The number of aromatic carboxylic acids is 1. The first-order valence-corrected chi connectivity index (χ1v) is 6.17. The van der Waals surface area contributed by atoms with Crippen LogP contribution in [0.25, 0.3) is 0 Å². The number of hydrogen-bond donors (Lipinski definition) is 3. The van der Waals surface area contributed by atoms with Crippen LogP contribution in [-0.2, 0) is 0 Å². The number of hydrazone groups is 1. The zero-order valence-corrected chi connectivity index (χ0v) is 10.5. The highest BCUT2D eigenvalue weighted by atomic mass is 16.4. The van der Waals surface area contributed by atoms with Gasteiger partial charge in [-0.3, -0.25) is 4.99 Å². The van der Waals surface area contributed by atoms with Crippen LogP contribution in [0.2, 0.25) is 0 Å². The Balaban J connectivity index is 2.02. The fraction of sp³-hybridized carbons (Fsp3) is 0.308. The Morgan fingerprint density at radius 3 is 3.11 bits per heavy atom. The summed E-state index contributed by atoms with van der Waals surface area (Å²) in [7, 11) is 0. The summed E-state index contributed by atoms with van der Waals surface area (Å²) in [6.07, 6.45) is 3.63. The second-order valence-corrected chi connectivity index (χ2v) is 4.13. The summed E-state index contributed by atoms with van der Waals surface area (Å²) in [4.78, 5) is 15.3. The molecule has 0 radical (unpaired) electrons. The maximum Gasteiger partial charge on any atom is 0.336 e. The number of hydrogen-bond acceptors (Lipinski definition) is 5. The Bertz CT molecular complexity index is 511. The van der Waals surface area contributed by atoms with Crippen LogP contribution in [0.4, 0.5) is 0 Å². The molecule has 0 spiro atoms. The molecule has 0 saturated carbocycles. The number of guanidine groups is 1. The molecule has 0 unspecified atom stereocenters. The van der Waals surface area contributed by atoms with E-state index in [1.807, 2.05) is 0 Å². The summed E-state index contributed by atoms with van der Waals surface area (Å²) >= 11 is 0. The lowest BCUT2D eigenvalue weighted by Gasteiger charge is -2.05. The minimum Gasteiger partial charge on any atom is -0.478 e. The van der Waals surface area contributed by atoms with Gasteiger partial charge in [-0.15, -0.1) is 0 Å². The first-order chi connectivity index (χ1) is 9.27. The van der Waals surface area contributed by atoms with Crippen LogP contribution in [0, 0.1) is 0 Å². The van der Waals surface area contributed by atoms with Crippen molar-refractivity contribution >= 4 is 18.1 Å². The summed E-state index contributed by atoms with van der Waals surface area (Å²) in [6.45, 7) is 1.64. The van der Waals surface area contributed by atoms with E-state index in [2.05, 4.69) is 20.8 Å². The monoisotopic (exact) mass is 260 g/mol. The summed E-state index contributed by atoms with van der Waals surface area (Å²) < 4.78 is 0. The Kier molecular flexibility index (Phi) is 4.49. The van der Waals surface area contributed by atoms with Crippen LogP contribution >= 0.6 is 0 Å². The molecule has 0 bridgehead atoms. The number of benzene rings is 1. The average Bonchev–Trinajstić information content (AvgIpc) is 2.68. The van der Waals surface area contributed by atoms with E-state index in [0.717, 1.165) is 25.9 Å². The fourth-order valence-electron chi connectivity index (χ4n) is 1.73. The molecule has 1 aliphatic rings. The predicted molar refractivity (Wildman–Crippen MR) is 73.7 cm³/mol. The van der Waals surface area contributed by atoms with Gasteiger partial charge in [0.05, 0.1) is 11.8 Å². The molecule has 0 atom stereocenters. The van der Waals surface area contributed by atoms with E-state index in [1.165, 1.54) is 6.21 Å². The van der Waals surface area contributed by atoms with Crippen LogP contribution in [-0.4, -0.2) is 36.3 Å². The summed E-state index contributed by atoms with van der Waals surface area (Å²) in [5, 5.41) is 16.2. The van der Waals surface area contributed by atoms with Gasteiger partial charge in [0, 0.05) is 18.7 Å². The molecule has 1 aromatic carbocycles. The molecule has 1 aromatic rings. The van der Waals surface area contributed by atoms with E-state index < -0.39 is 5.97 Å². The van der Waals surface area contributed by atoms with Crippen molar-refractivity contribution in [2.45, 2.75) is 12.8 Å². The lowest BCUT2D eigenvalue weighted by atomic mass is 10.1. The van der Waals surface area contributed by atoms with Crippen molar-refractivity contribution in [1.29, 1.82) is 0 Å². The minimum absolute atomic E-state index is 0.226. The van der Waals surface area contributed by atoms with Crippen LogP contribution < -0.4 is 10.7 Å². The number of rotatable bonds is 3. The minimum atomic E-state index is -0.966. The van der Waals surface area contributed by atoms with Crippen molar-refractivity contribution in [2.24, 2.45) is 10.1 Å². The third kappa shape index (κ3) is 3.80. The SMILES string of the molecule is O=C(O)c1ccccc1/C=N\NC1=NCCCCN1. The number of aliphatic imine (C=N–C) groups is 1. The number of carbonyl (C=O) groups is 1. The van der Waals surface area contributed by atoms with Gasteiger partial charge in [-0.25, -0.2) is 10.2 Å². The van der Waals surface area contributed by atoms with Gasteiger partial charge in [0.25, 0.3) is 0 Å². The van der Waals surface area contributed by atoms with Crippen LogP contribution in [0.3, 0.4) is 0 Å². The molecule has 0 aromatic heterocycles. The Labute approximate surface area is 111 Å². The van der Waals surface area contributed by atoms with Crippen molar-refractivity contribution in [2.75, 3.05) is 13.1 Å². The molecule has 6 heteroatoms. The number of nitrogens with zero attached hydrogens (tertiary/aromatic N) is 2. The van der Waals surface area contributed by atoms with Crippen LogP contribution in [0.1, 0.15) is 28.8 Å². The van der Waals surface area contributed by atoms with Crippen LogP contribution in [0.5, 0.6) is 0 Å². The Hall–Kier alpha value is -2.37. The number of nitrogens with one attached hydrogen (secondary N) is 2. The Morgan fingerprint density at radius 1 is 1.42 bits per heavy atom. The van der Waals surface area contributed by atoms with Crippen LogP contribution in [0.15, 0.2) is 34.4 Å². The molecule has 0 fully saturated rings. The molecule has 0 amide bonds. The molecule has 0 aliphatic carbocycles. The van der Waals surface area contributed by atoms with Gasteiger partial charge < -0.3 is 10.4 Å². The lowest BCUT2D eigenvalue weighted by molar-refractivity contribution is 0.0697. The maximum absolute atomic E-state index is 11.0. The van der Waals surface area contributed by atoms with Gasteiger partial charge in [0.15, 0.2) is 0 Å². The van der Waals surface area contributed by atoms with Gasteiger partial charge in [-0.1, -0.05) is 18.2 Å². The molecule has 2 rings (SSSR count). The van der Waals surface area contributed by atoms with Gasteiger partial charge in [0.1, 0.15) is 0 Å². The van der Waals surface area contributed by atoms with Gasteiger partial charge in [0.2, 0.25) is 5.96 Å². The largest absolute Gasteiger partial charge is 0.478 e. The first-order valence-electron chi connectivity index (χ1n) is 6.17. The molecular formula is C13H16N4O2. The van der Waals surface area contributed by atoms with Crippen molar-refractivity contribution in [3.8, 4) is 0 Å². The van der Waals surface area contributed by atoms with E-state index in [-0.39, 0.29) is 5.56 Å². The highest BCUT2D eigenvalue weighted by Crippen LogP contribution is 2.05. The van der Waals surface area contributed by atoms with Crippen molar-refractivity contribution in [3.63, 3.8) is 0 Å². The summed E-state index contributed by atoms with van der Waals surface area (Å²) in [5.74, 6) is -0.339. The van der Waals surface area contributed by atoms with Gasteiger partial charge >= 0.3 is 5.97 Å². The quantitative estimate of drug-likeness (QED) is 0.560. The third-order valence-corrected chi connectivity index (χ3v) is 2.71. The normalized spacial score (nSPS) is 15.5. The zero-order valence-electron chi connectivity index (χ0n) is 10.5. The molecule has 19 heavy (non-hydrogen) atoms. The molecule has 100 valence electrons. The third-order valence-electron chi connectivity index (χ3n) is 2.71. The van der Waals surface area contributed by atoms with Crippen molar-refractivity contribution in [3.05, 3.63) is 35.4 Å². The smallest absolute Gasteiger partial charge is 0.336 e. The van der Waals surface area contributed by atoms with E-state index in [9.17, 15) is 4.79 Å². The topological polar surface area (TPSA) is 86.1 Å².